The van der Waals surface area contributed by atoms with Gasteiger partial charge in [0.2, 0.25) is 0 Å². The zero-order valence-corrected chi connectivity index (χ0v) is 7.47. The van der Waals surface area contributed by atoms with Crippen molar-refractivity contribution in [3.63, 3.8) is 0 Å². The van der Waals surface area contributed by atoms with Crippen LogP contribution >= 0.6 is 0 Å². The van der Waals surface area contributed by atoms with E-state index >= 15 is 0 Å². The lowest BCUT2D eigenvalue weighted by Gasteiger charge is -2.16. The van der Waals surface area contributed by atoms with Gasteiger partial charge in [0.25, 0.3) is 0 Å². The maximum atomic E-state index is 11.1. The standard InChI is InChI=1S/C11H14O/c1-3-5-10-8-11(12)7-6-9(10)4-2/h3-5H,1,6-8H2,2H3/b9-4-,10-5-. The Morgan fingerprint density at radius 2 is 2.08 bits per heavy atom. The number of hydrogen-bond acceptors (Lipinski definition) is 1. The van der Waals surface area contributed by atoms with Gasteiger partial charge < -0.3 is 0 Å². The number of carbonyl (C=O) groups is 1. The Balaban J connectivity index is 2.85. The summed E-state index contributed by atoms with van der Waals surface area (Å²) in [5.74, 6) is 0.341. The van der Waals surface area contributed by atoms with Gasteiger partial charge in [0, 0.05) is 12.8 Å². The summed E-state index contributed by atoms with van der Waals surface area (Å²) in [7, 11) is 0. The largest absolute Gasteiger partial charge is 0.299 e. The molecular formula is C11H14O. The van der Waals surface area contributed by atoms with Crippen LogP contribution in [-0.4, -0.2) is 5.78 Å². The lowest BCUT2D eigenvalue weighted by Crippen LogP contribution is -2.09. The van der Waals surface area contributed by atoms with Gasteiger partial charge in [-0.15, -0.1) is 0 Å². The summed E-state index contributed by atoms with van der Waals surface area (Å²) in [5, 5.41) is 0. The summed E-state index contributed by atoms with van der Waals surface area (Å²) in [5.41, 5.74) is 2.44. The molecule has 1 heteroatoms. The van der Waals surface area contributed by atoms with Crippen molar-refractivity contribution in [1.29, 1.82) is 0 Å². The van der Waals surface area contributed by atoms with E-state index in [1.54, 1.807) is 6.08 Å². The van der Waals surface area contributed by atoms with Crippen LogP contribution in [0.15, 0.2) is 36.0 Å². The number of rotatable bonds is 1. The van der Waals surface area contributed by atoms with Gasteiger partial charge in [-0.05, 0) is 24.5 Å². The molecule has 0 N–H and O–H groups in total. The first-order valence-electron chi connectivity index (χ1n) is 4.26. The normalized spacial score (nSPS) is 24.9. The van der Waals surface area contributed by atoms with E-state index in [-0.39, 0.29) is 0 Å². The smallest absolute Gasteiger partial charge is 0.137 e. The Bertz CT molecular complexity index is 256. The number of Topliss-reactive ketones (excluding diaryl/α,β-unsaturated/α-hetero) is 1. The number of hydrogen-bond donors (Lipinski definition) is 0. The zero-order valence-electron chi connectivity index (χ0n) is 7.47. The van der Waals surface area contributed by atoms with Crippen LogP contribution in [0.25, 0.3) is 0 Å². The van der Waals surface area contributed by atoms with Crippen molar-refractivity contribution in [1.82, 2.24) is 0 Å². The van der Waals surface area contributed by atoms with Gasteiger partial charge in [-0.1, -0.05) is 24.8 Å². The Morgan fingerprint density at radius 1 is 1.33 bits per heavy atom. The van der Waals surface area contributed by atoms with Crippen molar-refractivity contribution >= 4 is 5.78 Å². The lowest BCUT2D eigenvalue weighted by atomic mass is 9.88. The summed E-state index contributed by atoms with van der Waals surface area (Å²) in [6.07, 6.45) is 7.96. The molecule has 0 aromatic rings. The van der Waals surface area contributed by atoms with E-state index in [4.69, 9.17) is 0 Å². The number of allylic oxidation sites excluding steroid dienone is 5. The van der Waals surface area contributed by atoms with Crippen LogP contribution in [0.3, 0.4) is 0 Å². The van der Waals surface area contributed by atoms with Crippen LogP contribution in [0.4, 0.5) is 0 Å². The highest BCUT2D eigenvalue weighted by molar-refractivity contribution is 5.84. The molecule has 0 spiro atoms. The van der Waals surface area contributed by atoms with Crippen LogP contribution in [0.1, 0.15) is 26.2 Å². The molecule has 0 unspecified atom stereocenters. The van der Waals surface area contributed by atoms with Crippen LogP contribution < -0.4 is 0 Å². The minimum absolute atomic E-state index is 0.341. The molecule has 64 valence electrons. The maximum absolute atomic E-state index is 11.1. The molecule has 1 aliphatic carbocycles. The SMILES string of the molecule is C=C/C=C1/CC(=O)CC/C1=C/C. The Hall–Kier alpha value is -1.11. The Kier molecular flexibility index (Phi) is 3.03. The van der Waals surface area contributed by atoms with E-state index < -0.39 is 0 Å². The first-order valence-corrected chi connectivity index (χ1v) is 4.26. The van der Waals surface area contributed by atoms with Crippen LogP contribution in [-0.2, 0) is 4.79 Å². The zero-order chi connectivity index (χ0) is 8.97. The monoisotopic (exact) mass is 162 g/mol. The summed E-state index contributed by atoms with van der Waals surface area (Å²) >= 11 is 0. The molecule has 0 radical (unpaired) electrons. The van der Waals surface area contributed by atoms with Crippen LogP contribution in [0.2, 0.25) is 0 Å². The molecule has 1 aliphatic rings. The molecule has 1 fully saturated rings. The topological polar surface area (TPSA) is 17.1 Å². The third kappa shape index (κ3) is 1.94. The maximum Gasteiger partial charge on any atom is 0.137 e. The first kappa shape index (κ1) is 8.98. The van der Waals surface area contributed by atoms with Crippen molar-refractivity contribution in [2.24, 2.45) is 0 Å². The molecule has 0 aliphatic heterocycles. The van der Waals surface area contributed by atoms with Gasteiger partial charge in [0.1, 0.15) is 5.78 Å². The fourth-order valence-electron chi connectivity index (χ4n) is 1.49. The van der Waals surface area contributed by atoms with Crippen molar-refractivity contribution in [2.45, 2.75) is 26.2 Å². The van der Waals surface area contributed by atoms with E-state index in [2.05, 4.69) is 12.7 Å². The van der Waals surface area contributed by atoms with Crippen molar-refractivity contribution in [3.8, 4) is 0 Å². The quantitative estimate of drug-likeness (QED) is 0.579. The highest BCUT2D eigenvalue weighted by Crippen LogP contribution is 2.26. The molecule has 1 nitrogen and oxygen atoms in total. The average molecular weight is 162 g/mol. The molecule has 0 heterocycles. The van der Waals surface area contributed by atoms with Crippen LogP contribution in [0, 0.1) is 0 Å². The minimum atomic E-state index is 0.341. The first-order chi connectivity index (χ1) is 5.77. The number of carbonyl (C=O) groups excluding carboxylic acids is 1. The molecule has 0 aromatic heterocycles. The van der Waals surface area contributed by atoms with E-state index in [0.29, 0.717) is 18.6 Å². The van der Waals surface area contributed by atoms with Gasteiger partial charge in [0.15, 0.2) is 0 Å². The van der Waals surface area contributed by atoms with Gasteiger partial charge in [-0.3, -0.25) is 4.79 Å². The highest BCUT2D eigenvalue weighted by Gasteiger charge is 2.16. The molecule has 12 heavy (non-hydrogen) atoms. The molecule has 0 saturated heterocycles. The van der Waals surface area contributed by atoms with E-state index in [0.717, 1.165) is 12.0 Å². The lowest BCUT2D eigenvalue weighted by molar-refractivity contribution is -0.118. The van der Waals surface area contributed by atoms with Crippen molar-refractivity contribution in [3.05, 3.63) is 36.0 Å². The predicted octanol–water partition coefficient (Wildman–Crippen LogP) is 2.80. The molecule has 1 saturated carbocycles. The fraction of sp³-hybridized carbons (Fsp3) is 0.364. The molecule has 0 amide bonds. The number of ketones is 1. The fourth-order valence-corrected chi connectivity index (χ4v) is 1.49. The van der Waals surface area contributed by atoms with Gasteiger partial charge >= 0.3 is 0 Å². The van der Waals surface area contributed by atoms with Gasteiger partial charge in [-0.25, -0.2) is 0 Å². The summed E-state index contributed by atoms with van der Waals surface area (Å²) < 4.78 is 0. The highest BCUT2D eigenvalue weighted by atomic mass is 16.1. The summed E-state index contributed by atoms with van der Waals surface area (Å²) in [4.78, 5) is 11.1. The molecular weight excluding hydrogens is 148 g/mol. The average Bonchev–Trinajstić information content (AvgIpc) is 2.05. The third-order valence-electron chi connectivity index (χ3n) is 2.14. The predicted molar refractivity (Wildman–Crippen MR) is 50.9 cm³/mol. The molecule has 0 bridgehead atoms. The molecule has 0 aromatic carbocycles. The van der Waals surface area contributed by atoms with Crippen molar-refractivity contribution in [2.75, 3.05) is 0 Å². The Labute approximate surface area is 73.5 Å². The van der Waals surface area contributed by atoms with Crippen molar-refractivity contribution < 1.29 is 4.79 Å². The van der Waals surface area contributed by atoms with E-state index in [1.807, 2.05) is 13.0 Å². The molecule has 0 atom stereocenters. The van der Waals surface area contributed by atoms with E-state index in [9.17, 15) is 4.79 Å². The minimum Gasteiger partial charge on any atom is -0.299 e. The summed E-state index contributed by atoms with van der Waals surface area (Å²) in [6, 6.07) is 0. The summed E-state index contributed by atoms with van der Waals surface area (Å²) in [6.45, 7) is 5.65. The third-order valence-corrected chi connectivity index (χ3v) is 2.14. The van der Waals surface area contributed by atoms with Crippen LogP contribution in [0.5, 0.6) is 0 Å². The second-order valence-electron chi connectivity index (χ2n) is 2.96. The second-order valence-corrected chi connectivity index (χ2v) is 2.96. The molecule has 1 rings (SSSR count). The van der Waals surface area contributed by atoms with Gasteiger partial charge in [0.05, 0.1) is 0 Å². The second kappa shape index (κ2) is 4.05. The van der Waals surface area contributed by atoms with Gasteiger partial charge in [-0.2, -0.15) is 0 Å². The Morgan fingerprint density at radius 3 is 2.67 bits per heavy atom. The van der Waals surface area contributed by atoms with E-state index in [1.165, 1.54) is 5.57 Å².